The highest BCUT2D eigenvalue weighted by Crippen LogP contribution is 2.16. The standard InChI is InChI=1S/C13H26N2O/c1-4-6-7-12(5-2)13(16)15-10-8-14(3)9-11-15/h12H,4-11H2,1-3H3/t12-/m0/s1. The van der Waals surface area contributed by atoms with E-state index in [0.717, 1.165) is 39.0 Å². The van der Waals surface area contributed by atoms with E-state index in [1.54, 1.807) is 0 Å². The molecule has 0 radical (unpaired) electrons. The average molecular weight is 226 g/mol. The van der Waals surface area contributed by atoms with E-state index in [4.69, 9.17) is 0 Å². The smallest absolute Gasteiger partial charge is 0.225 e. The van der Waals surface area contributed by atoms with Crippen molar-refractivity contribution in [2.24, 2.45) is 5.92 Å². The molecule has 94 valence electrons. The highest BCUT2D eigenvalue weighted by Gasteiger charge is 2.24. The van der Waals surface area contributed by atoms with Gasteiger partial charge in [0.25, 0.3) is 0 Å². The molecule has 0 aromatic rings. The van der Waals surface area contributed by atoms with Crippen LogP contribution in [0.5, 0.6) is 0 Å². The van der Waals surface area contributed by atoms with Gasteiger partial charge in [0, 0.05) is 32.1 Å². The Hall–Kier alpha value is -0.570. The first-order valence-corrected chi connectivity index (χ1v) is 6.66. The topological polar surface area (TPSA) is 23.6 Å². The van der Waals surface area contributed by atoms with Crippen LogP contribution in [0.3, 0.4) is 0 Å². The summed E-state index contributed by atoms with van der Waals surface area (Å²) in [5, 5.41) is 0. The minimum atomic E-state index is 0.267. The maximum Gasteiger partial charge on any atom is 0.225 e. The van der Waals surface area contributed by atoms with Gasteiger partial charge in [-0.2, -0.15) is 0 Å². The van der Waals surface area contributed by atoms with Gasteiger partial charge in [-0.3, -0.25) is 4.79 Å². The normalized spacial score (nSPS) is 19.8. The molecule has 1 fully saturated rings. The van der Waals surface area contributed by atoms with Gasteiger partial charge < -0.3 is 9.80 Å². The molecule has 0 aromatic heterocycles. The third kappa shape index (κ3) is 3.78. The number of nitrogens with zero attached hydrogens (tertiary/aromatic N) is 2. The van der Waals surface area contributed by atoms with E-state index in [9.17, 15) is 4.79 Å². The SMILES string of the molecule is CCCC[C@H](CC)C(=O)N1CCN(C)CC1. The van der Waals surface area contributed by atoms with Gasteiger partial charge in [0.15, 0.2) is 0 Å². The molecule has 0 unspecified atom stereocenters. The summed E-state index contributed by atoms with van der Waals surface area (Å²) < 4.78 is 0. The lowest BCUT2D eigenvalue weighted by molar-refractivity contribution is -0.137. The van der Waals surface area contributed by atoms with Crippen molar-refractivity contribution in [3.05, 3.63) is 0 Å². The Morgan fingerprint density at radius 2 is 1.81 bits per heavy atom. The number of carbonyl (C=O) groups is 1. The van der Waals surface area contributed by atoms with Crippen LogP contribution in [0.2, 0.25) is 0 Å². The summed E-state index contributed by atoms with van der Waals surface area (Å²) >= 11 is 0. The minimum absolute atomic E-state index is 0.267. The summed E-state index contributed by atoms with van der Waals surface area (Å²) in [6.07, 6.45) is 4.42. The lowest BCUT2D eigenvalue weighted by Gasteiger charge is -2.34. The van der Waals surface area contributed by atoms with E-state index in [1.165, 1.54) is 12.8 Å². The molecular formula is C13H26N2O. The molecule has 0 bridgehead atoms. The van der Waals surface area contributed by atoms with Crippen molar-refractivity contribution in [1.29, 1.82) is 0 Å². The molecular weight excluding hydrogens is 200 g/mol. The van der Waals surface area contributed by atoms with Crippen LogP contribution in [0.15, 0.2) is 0 Å². The van der Waals surface area contributed by atoms with Crippen molar-refractivity contribution in [1.82, 2.24) is 9.80 Å². The number of hydrogen-bond acceptors (Lipinski definition) is 2. The van der Waals surface area contributed by atoms with Gasteiger partial charge in [0.1, 0.15) is 0 Å². The Morgan fingerprint density at radius 1 is 1.19 bits per heavy atom. The average Bonchev–Trinajstić information content (AvgIpc) is 2.30. The molecule has 1 rings (SSSR count). The van der Waals surface area contributed by atoms with E-state index < -0.39 is 0 Å². The summed E-state index contributed by atoms with van der Waals surface area (Å²) in [7, 11) is 2.12. The highest BCUT2D eigenvalue weighted by atomic mass is 16.2. The van der Waals surface area contributed by atoms with Gasteiger partial charge >= 0.3 is 0 Å². The van der Waals surface area contributed by atoms with Crippen molar-refractivity contribution in [3.63, 3.8) is 0 Å². The van der Waals surface area contributed by atoms with Crippen molar-refractivity contribution in [2.45, 2.75) is 39.5 Å². The van der Waals surface area contributed by atoms with Crippen molar-refractivity contribution < 1.29 is 4.79 Å². The fraction of sp³-hybridized carbons (Fsp3) is 0.923. The molecule has 1 saturated heterocycles. The third-order valence-corrected chi connectivity index (χ3v) is 3.56. The van der Waals surface area contributed by atoms with Gasteiger partial charge in [-0.1, -0.05) is 26.7 Å². The Kier molecular flexibility index (Phi) is 5.81. The molecule has 0 aliphatic carbocycles. The molecule has 1 heterocycles. The molecule has 0 spiro atoms. The van der Waals surface area contributed by atoms with E-state index in [-0.39, 0.29) is 5.92 Å². The van der Waals surface area contributed by atoms with Crippen LogP contribution in [0.25, 0.3) is 0 Å². The first-order chi connectivity index (χ1) is 7.69. The maximum atomic E-state index is 12.2. The van der Waals surface area contributed by atoms with Crippen LogP contribution in [-0.4, -0.2) is 48.9 Å². The number of carbonyl (C=O) groups excluding carboxylic acids is 1. The summed E-state index contributed by atoms with van der Waals surface area (Å²) in [6.45, 7) is 8.20. The monoisotopic (exact) mass is 226 g/mol. The van der Waals surface area contributed by atoms with Crippen LogP contribution in [0, 0.1) is 5.92 Å². The molecule has 1 aliphatic rings. The highest BCUT2D eigenvalue weighted by molar-refractivity contribution is 5.78. The minimum Gasteiger partial charge on any atom is -0.340 e. The zero-order valence-electron chi connectivity index (χ0n) is 11.0. The second-order valence-corrected chi connectivity index (χ2v) is 4.88. The van der Waals surface area contributed by atoms with Crippen LogP contribution in [-0.2, 0) is 4.79 Å². The van der Waals surface area contributed by atoms with Gasteiger partial charge in [0.05, 0.1) is 0 Å². The molecule has 0 N–H and O–H groups in total. The molecule has 1 amide bonds. The first kappa shape index (κ1) is 13.5. The maximum absolute atomic E-state index is 12.2. The second kappa shape index (κ2) is 6.89. The zero-order chi connectivity index (χ0) is 12.0. The van der Waals surface area contributed by atoms with E-state index in [0.29, 0.717) is 5.91 Å². The Morgan fingerprint density at radius 3 is 2.31 bits per heavy atom. The van der Waals surface area contributed by atoms with Crippen LogP contribution in [0.4, 0.5) is 0 Å². The predicted octanol–water partition coefficient (Wildman–Crippen LogP) is 1.98. The number of piperazine rings is 1. The number of rotatable bonds is 5. The Labute approximate surface area is 99.8 Å². The molecule has 3 heteroatoms. The number of amides is 1. The van der Waals surface area contributed by atoms with Gasteiger partial charge in [0.2, 0.25) is 5.91 Å². The molecule has 0 saturated carbocycles. The lowest BCUT2D eigenvalue weighted by atomic mass is 9.97. The third-order valence-electron chi connectivity index (χ3n) is 3.56. The summed E-state index contributed by atoms with van der Waals surface area (Å²) in [4.78, 5) is 16.6. The van der Waals surface area contributed by atoms with Crippen molar-refractivity contribution in [3.8, 4) is 0 Å². The fourth-order valence-corrected chi connectivity index (χ4v) is 2.24. The number of unbranched alkanes of at least 4 members (excludes halogenated alkanes) is 1. The quantitative estimate of drug-likeness (QED) is 0.715. The predicted molar refractivity (Wildman–Crippen MR) is 67.4 cm³/mol. The van der Waals surface area contributed by atoms with Crippen LogP contribution < -0.4 is 0 Å². The molecule has 0 aromatic carbocycles. The van der Waals surface area contributed by atoms with Gasteiger partial charge in [-0.05, 0) is 19.9 Å². The molecule has 1 atom stereocenters. The molecule has 1 aliphatic heterocycles. The Balaban J connectivity index is 2.41. The summed E-state index contributed by atoms with van der Waals surface area (Å²) in [6, 6.07) is 0. The van der Waals surface area contributed by atoms with E-state index in [1.807, 2.05) is 0 Å². The Bertz CT molecular complexity index is 203. The molecule has 3 nitrogen and oxygen atoms in total. The fourth-order valence-electron chi connectivity index (χ4n) is 2.24. The first-order valence-electron chi connectivity index (χ1n) is 6.66. The lowest BCUT2D eigenvalue weighted by Crippen LogP contribution is -2.49. The molecule has 16 heavy (non-hydrogen) atoms. The van der Waals surface area contributed by atoms with Gasteiger partial charge in [-0.25, -0.2) is 0 Å². The van der Waals surface area contributed by atoms with Crippen molar-refractivity contribution >= 4 is 5.91 Å². The van der Waals surface area contributed by atoms with Crippen LogP contribution in [0.1, 0.15) is 39.5 Å². The summed E-state index contributed by atoms with van der Waals surface area (Å²) in [5.41, 5.74) is 0. The summed E-state index contributed by atoms with van der Waals surface area (Å²) in [5.74, 6) is 0.660. The number of hydrogen-bond donors (Lipinski definition) is 0. The van der Waals surface area contributed by atoms with Crippen molar-refractivity contribution in [2.75, 3.05) is 33.2 Å². The largest absolute Gasteiger partial charge is 0.340 e. The van der Waals surface area contributed by atoms with E-state index >= 15 is 0 Å². The zero-order valence-corrected chi connectivity index (χ0v) is 11.0. The second-order valence-electron chi connectivity index (χ2n) is 4.88. The van der Waals surface area contributed by atoms with Gasteiger partial charge in [-0.15, -0.1) is 0 Å². The van der Waals surface area contributed by atoms with E-state index in [2.05, 4.69) is 30.7 Å². The van der Waals surface area contributed by atoms with Crippen LogP contribution >= 0.6 is 0 Å². The number of likely N-dealkylation sites (N-methyl/N-ethyl adjacent to an activating group) is 1.